The zero-order valence-electron chi connectivity index (χ0n) is 17.3. The van der Waals surface area contributed by atoms with Gasteiger partial charge in [0, 0.05) is 6.61 Å². The molecule has 6 nitrogen and oxygen atoms in total. The maximum absolute atomic E-state index is 12.5. The molecule has 0 radical (unpaired) electrons. The average Bonchev–Trinajstić information content (AvgIpc) is 3.45. The molecule has 7 heteroatoms. The third-order valence-corrected chi connectivity index (χ3v) is 6.71. The minimum absolute atomic E-state index is 0.0634. The lowest BCUT2D eigenvalue weighted by Gasteiger charge is -2.17. The number of H-pyrrole nitrogens is 1. The average molecular weight is 433 g/mol. The van der Waals surface area contributed by atoms with E-state index in [1.807, 2.05) is 49.5 Å². The third-order valence-electron chi connectivity index (χ3n) is 5.60. The Hall–Kier alpha value is -2.90. The molecule has 1 fully saturated rings. The van der Waals surface area contributed by atoms with E-state index in [2.05, 4.69) is 21.7 Å². The number of hydrogen-bond donors (Lipinski definition) is 1. The van der Waals surface area contributed by atoms with Crippen molar-refractivity contribution < 1.29 is 4.74 Å². The van der Waals surface area contributed by atoms with Crippen LogP contribution in [0, 0.1) is 0 Å². The number of benzene rings is 2. The smallest absolute Gasteiger partial charge is 0.258 e. The van der Waals surface area contributed by atoms with Crippen LogP contribution in [0.1, 0.15) is 30.8 Å². The highest BCUT2D eigenvalue weighted by molar-refractivity contribution is 7.99. The molecule has 0 amide bonds. The number of aromatic amines is 1. The first-order valence-corrected chi connectivity index (χ1v) is 11.4. The Kier molecular flexibility index (Phi) is 5.61. The van der Waals surface area contributed by atoms with Crippen LogP contribution in [0.25, 0.3) is 22.2 Å². The lowest BCUT2D eigenvalue weighted by atomic mass is 10.1. The molecule has 1 N–H and O–H groups in total. The van der Waals surface area contributed by atoms with Crippen molar-refractivity contribution in [3.63, 3.8) is 0 Å². The van der Waals surface area contributed by atoms with Gasteiger partial charge in [0.05, 0.1) is 40.7 Å². The number of ether oxygens (including phenoxy) is 1. The van der Waals surface area contributed by atoms with Crippen LogP contribution in [0.4, 0.5) is 0 Å². The molecule has 1 aliphatic rings. The molecule has 5 rings (SSSR count). The van der Waals surface area contributed by atoms with Gasteiger partial charge in [0.25, 0.3) is 5.56 Å². The summed E-state index contributed by atoms with van der Waals surface area (Å²) < 4.78 is 8.15. The van der Waals surface area contributed by atoms with E-state index in [-0.39, 0.29) is 16.9 Å². The van der Waals surface area contributed by atoms with Crippen molar-refractivity contribution in [3.05, 3.63) is 77.0 Å². The molecule has 3 heterocycles. The fourth-order valence-electron chi connectivity index (χ4n) is 3.97. The van der Waals surface area contributed by atoms with Crippen LogP contribution in [0.3, 0.4) is 0 Å². The molecule has 158 valence electrons. The SMILES string of the molecule is CC(Sc1ncc(-c2ccccc2)n1CC1CCCO1)c1nc2ccccc2c(=O)[nH]1. The van der Waals surface area contributed by atoms with E-state index in [9.17, 15) is 4.79 Å². The number of fused-ring (bicyclic) bond motifs is 1. The molecule has 2 unspecified atom stereocenters. The molecule has 2 aromatic heterocycles. The monoisotopic (exact) mass is 432 g/mol. The summed E-state index contributed by atoms with van der Waals surface area (Å²) in [6, 6.07) is 17.7. The molecule has 0 spiro atoms. The van der Waals surface area contributed by atoms with E-state index in [1.54, 1.807) is 17.8 Å². The molecule has 1 aliphatic heterocycles. The number of aromatic nitrogens is 4. The van der Waals surface area contributed by atoms with Crippen LogP contribution in [0.15, 0.2) is 70.7 Å². The standard InChI is InChI=1S/C24H24N4O2S/c1-16(22-26-20-12-6-5-11-19(20)23(29)27-22)31-24-25-14-21(17-8-3-2-4-9-17)28(24)15-18-10-7-13-30-18/h2-6,8-9,11-12,14,16,18H,7,10,13,15H2,1H3,(H,26,27,29). The van der Waals surface area contributed by atoms with Gasteiger partial charge in [0.1, 0.15) is 5.82 Å². The number of rotatable bonds is 6. The zero-order chi connectivity index (χ0) is 21.2. The number of imidazole rings is 1. The van der Waals surface area contributed by atoms with Gasteiger partial charge in [-0.3, -0.25) is 4.79 Å². The first kappa shape index (κ1) is 20.0. The van der Waals surface area contributed by atoms with E-state index in [1.165, 1.54) is 0 Å². The summed E-state index contributed by atoms with van der Waals surface area (Å²) in [6.07, 6.45) is 4.28. The van der Waals surface area contributed by atoms with Crippen molar-refractivity contribution in [1.29, 1.82) is 0 Å². The minimum Gasteiger partial charge on any atom is -0.376 e. The van der Waals surface area contributed by atoms with Crippen molar-refractivity contribution in [2.45, 2.75) is 42.8 Å². The summed E-state index contributed by atoms with van der Waals surface area (Å²) in [6.45, 7) is 3.63. The van der Waals surface area contributed by atoms with Crippen LogP contribution in [0.5, 0.6) is 0 Å². The normalized spacial score (nSPS) is 17.3. The Balaban J connectivity index is 1.48. The predicted octanol–water partition coefficient (Wildman–Crippen LogP) is 4.82. The fourth-order valence-corrected chi connectivity index (χ4v) is 4.92. The lowest BCUT2D eigenvalue weighted by Crippen LogP contribution is -2.17. The van der Waals surface area contributed by atoms with E-state index >= 15 is 0 Å². The summed E-state index contributed by atoms with van der Waals surface area (Å²) >= 11 is 1.60. The molecule has 0 aliphatic carbocycles. The van der Waals surface area contributed by atoms with Crippen molar-refractivity contribution in [1.82, 2.24) is 19.5 Å². The van der Waals surface area contributed by atoms with Gasteiger partial charge >= 0.3 is 0 Å². The summed E-state index contributed by atoms with van der Waals surface area (Å²) in [7, 11) is 0. The van der Waals surface area contributed by atoms with Crippen LogP contribution >= 0.6 is 11.8 Å². The van der Waals surface area contributed by atoms with Crippen molar-refractivity contribution in [3.8, 4) is 11.3 Å². The number of para-hydroxylation sites is 1. The third kappa shape index (κ3) is 4.16. The summed E-state index contributed by atoms with van der Waals surface area (Å²) in [4.78, 5) is 24.9. The number of hydrogen-bond acceptors (Lipinski definition) is 5. The second kappa shape index (κ2) is 8.69. The Labute approximate surface area is 184 Å². The molecule has 2 aromatic carbocycles. The number of thioether (sulfide) groups is 1. The summed E-state index contributed by atoms with van der Waals surface area (Å²) in [5.41, 5.74) is 2.80. The van der Waals surface area contributed by atoms with Gasteiger partial charge in [-0.25, -0.2) is 9.97 Å². The van der Waals surface area contributed by atoms with Crippen LogP contribution in [-0.2, 0) is 11.3 Å². The summed E-state index contributed by atoms with van der Waals surface area (Å²) in [5, 5.41) is 1.44. The highest BCUT2D eigenvalue weighted by atomic mass is 32.2. The Morgan fingerprint density at radius 1 is 1.19 bits per heavy atom. The molecule has 1 saturated heterocycles. The largest absolute Gasteiger partial charge is 0.376 e. The first-order chi connectivity index (χ1) is 15.2. The maximum atomic E-state index is 12.5. The van der Waals surface area contributed by atoms with Crippen LogP contribution < -0.4 is 5.56 Å². The predicted molar refractivity (Wildman–Crippen MR) is 123 cm³/mol. The van der Waals surface area contributed by atoms with Gasteiger partial charge in [-0.05, 0) is 37.5 Å². The van der Waals surface area contributed by atoms with Gasteiger partial charge in [-0.2, -0.15) is 0 Å². The van der Waals surface area contributed by atoms with Crippen molar-refractivity contribution in [2.24, 2.45) is 0 Å². The molecular weight excluding hydrogens is 408 g/mol. The van der Waals surface area contributed by atoms with E-state index in [0.29, 0.717) is 16.7 Å². The van der Waals surface area contributed by atoms with Gasteiger partial charge < -0.3 is 14.3 Å². The number of nitrogens with zero attached hydrogens (tertiary/aromatic N) is 3. The molecular formula is C24H24N4O2S. The molecule has 0 bridgehead atoms. The minimum atomic E-state index is -0.110. The highest BCUT2D eigenvalue weighted by Crippen LogP contribution is 2.35. The fraction of sp³-hybridized carbons (Fsp3) is 0.292. The first-order valence-electron chi connectivity index (χ1n) is 10.6. The lowest BCUT2D eigenvalue weighted by molar-refractivity contribution is 0.0953. The quantitative estimate of drug-likeness (QED) is 0.442. The van der Waals surface area contributed by atoms with Crippen molar-refractivity contribution >= 4 is 22.7 Å². The van der Waals surface area contributed by atoms with Crippen LogP contribution in [-0.4, -0.2) is 32.2 Å². The van der Waals surface area contributed by atoms with Crippen molar-refractivity contribution in [2.75, 3.05) is 6.61 Å². The van der Waals surface area contributed by atoms with E-state index in [0.717, 1.165) is 42.4 Å². The molecule has 31 heavy (non-hydrogen) atoms. The Morgan fingerprint density at radius 2 is 2.00 bits per heavy atom. The Morgan fingerprint density at radius 3 is 2.81 bits per heavy atom. The topological polar surface area (TPSA) is 72.8 Å². The summed E-state index contributed by atoms with van der Waals surface area (Å²) in [5.74, 6) is 0.654. The maximum Gasteiger partial charge on any atom is 0.258 e. The van der Waals surface area contributed by atoms with E-state index in [4.69, 9.17) is 14.7 Å². The van der Waals surface area contributed by atoms with Gasteiger partial charge in [-0.1, -0.05) is 54.2 Å². The molecule has 0 saturated carbocycles. The number of nitrogens with one attached hydrogen (secondary N) is 1. The van der Waals surface area contributed by atoms with Gasteiger partial charge in [0.15, 0.2) is 5.16 Å². The van der Waals surface area contributed by atoms with Crippen LogP contribution in [0.2, 0.25) is 0 Å². The van der Waals surface area contributed by atoms with Gasteiger partial charge in [-0.15, -0.1) is 0 Å². The second-order valence-corrected chi connectivity index (χ2v) is 9.07. The van der Waals surface area contributed by atoms with Gasteiger partial charge in [0.2, 0.25) is 0 Å². The molecule has 4 aromatic rings. The van der Waals surface area contributed by atoms with E-state index < -0.39 is 0 Å². The molecule has 2 atom stereocenters. The second-order valence-electron chi connectivity index (χ2n) is 7.77. The zero-order valence-corrected chi connectivity index (χ0v) is 18.1. The highest BCUT2D eigenvalue weighted by Gasteiger charge is 2.23. The Bertz CT molecular complexity index is 1250.